The zero-order chi connectivity index (χ0) is 13.9. The van der Waals surface area contributed by atoms with Crippen molar-refractivity contribution < 1.29 is 5.11 Å². The fourth-order valence-electron chi connectivity index (χ4n) is 2.70. The molecule has 1 aromatic carbocycles. The van der Waals surface area contributed by atoms with E-state index in [9.17, 15) is 5.11 Å². The first-order valence-electron chi connectivity index (χ1n) is 6.96. The van der Waals surface area contributed by atoms with Gasteiger partial charge in [-0.15, -0.1) is 11.3 Å². The molecule has 1 saturated heterocycles. The molecule has 1 fully saturated rings. The highest BCUT2D eigenvalue weighted by Gasteiger charge is 2.17. The molecule has 1 unspecified atom stereocenters. The lowest BCUT2D eigenvalue weighted by Gasteiger charge is -2.21. The first-order valence-corrected chi connectivity index (χ1v) is 8.57. The molecule has 3 nitrogen and oxygen atoms in total. The van der Waals surface area contributed by atoms with Gasteiger partial charge in [-0.1, -0.05) is 15.9 Å². The van der Waals surface area contributed by atoms with Crippen molar-refractivity contribution in [2.45, 2.75) is 6.54 Å². The number of thiophene rings is 1. The number of aliphatic hydroxyl groups is 1. The molecule has 0 spiro atoms. The predicted molar refractivity (Wildman–Crippen MR) is 88.2 cm³/mol. The second kappa shape index (κ2) is 6.54. The molecule has 108 valence electrons. The lowest BCUT2D eigenvalue weighted by atomic mass is 10.1. The van der Waals surface area contributed by atoms with Crippen molar-refractivity contribution >= 4 is 37.4 Å². The van der Waals surface area contributed by atoms with Gasteiger partial charge in [-0.05, 0) is 29.7 Å². The van der Waals surface area contributed by atoms with Crippen LogP contribution in [0.3, 0.4) is 0 Å². The van der Waals surface area contributed by atoms with Gasteiger partial charge in [0.1, 0.15) is 0 Å². The smallest absolute Gasteiger partial charge is 0.0483 e. The first-order chi connectivity index (χ1) is 9.74. The first kappa shape index (κ1) is 14.5. The van der Waals surface area contributed by atoms with Crippen LogP contribution in [0.1, 0.15) is 4.88 Å². The summed E-state index contributed by atoms with van der Waals surface area (Å²) in [6.45, 7) is 5.20. The van der Waals surface area contributed by atoms with Crippen molar-refractivity contribution in [2.24, 2.45) is 5.92 Å². The highest BCUT2D eigenvalue weighted by atomic mass is 79.9. The normalized spacial score (nSPS) is 21.2. The van der Waals surface area contributed by atoms with Gasteiger partial charge in [0.2, 0.25) is 0 Å². The monoisotopic (exact) mass is 354 g/mol. The van der Waals surface area contributed by atoms with Crippen molar-refractivity contribution in [1.29, 1.82) is 0 Å². The summed E-state index contributed by atoms with van der Waals surface area (Å²) in [5, 5.41) is 14.1. The van der Waals surface area contributed by atoms with Gasteiger partial charge >= 0.3 is 0 Å². The summed E-state index contributed by atoms with van der Waals surface area (Å²) in [6.07, 6.45) is 0. The molecule has 3 rings (SSSR count). The molecule has 0 saturated carbocycles. The molecule has 1 aliphatic rings. The van der Waals surface area contributed by atoms with E-state index < -0.39 is 0 Å². The Morgan fingerprint density at radius 2 is 2.30 bits per heavy atom. The molecule has 5 heteroatoms. The Balaban J connectivity index is 1.74. The Morgan fingerprint density at radius 3 is 3.15 bits per heavy atom. The molecule has 0 aliphatic carbocycles. The van der Waals surface area contributed by atoms with Gasteiger partial charge in [0.15, 0.2) is 0 Å². The van der Waals surface area contributed by atoms with Gasteiger partial charge in [-0.2, -0.15) is 0 Å². The maximum absolute atomic E-state index is 9.38. The van der Waals surface area contributed by atoms with Crippen LogP contribution in [0.5, 0.6) is 0 Å². The van der Waals surface area contributed by atoms with Crippen LogP contribution in [-0.4, -0.2) is 42.8 Å². The molecule has 20 heavy (non-hydrogen) atoms. The zero-order valence-corrected chi connectivity index (χ0v) is 13.7. The van der Waals surface area contributed by atoms with Gasteiger partial charge in [0, 0.05) is 59.3 Å². The third-order valence-electron chi connectivity index (χ3n) is 3.72. The summed E-state index contributed by atoms with van der Waals surface area (Å²) < 4.78 is 2.48. The number of nitrogens with one attached hydrogen (secondary N) is 1. The fourth-order valence-corrected chi connectivity index (χ4v) is 4.16. The molecule has 1 aromatic heterocycles. The minimum Gasteiger partial charge on any atom is -0.396 e. The van der Waals surface area contributed by atoms with E-state index in [1.807, 2.05) is 11.3 Å². The predicted octanol–water partition coefficient (Wildman–Crippen LogP) is 2.68. The Bertz CT molecular complexity index is 586. The summed E-state index contributed by atoms with van der Waals surface area (Å²) >= 11 is 5.40. The van der Waals surface area contributed by atoms with E-state index in [1.165, 1.54) is 15.0 Å². The second-order valence-corrected chi connectivity index (χ2v) is 7.47. The number of benzene rings is 1. The van der Waals surface area contributed by atoms with Gasteiger partial charge < -0.3 is 10.4 Å². The Labute approximate surface area is 131 Å². The van der Waals surface area contributed by atoms with Crippen LogP contribution in [0, 0.1) is 5.92 Å². The van der Waals surface area contributed by atoms with E-state index in [0.717, 1.165) is 37.2 Å². The van der Waals surface area contributed by atoms with Crippen LogP contribution >= 0.6 is 27.3 Å². The summed E-state index contributed by atoms with van der Waals surface area (Å²) in [4.78, 5) is 3.84. The number of aliphatic hydroxyl groups excluding tert-OH is 1. The molecule has 0 amide bonds. The molecular formula is C15H19BrN2OS. The maximum Gasteiger partial charge on any atom is 0.0483 e. The maximum atomic E-state index is 9.38. The fraction of sp³-hybridized carbons (Fsp3) is 0.467. The Kier molecular flexibility index (Phi) is 4.73. The van der Waals surface area contributed by atoms with Gasteiger partial charge in [0.25, 0.3) is 0 Å². The quantitative estimate of drug-likeness (QED) is 0.889. The summed E-state index contributed by atoms with van der Waals surface area (Å²) in [6, 6.07) is 8.74. The van der Waals surface area contributed by atoms with E-state index in [2.05, 4.69) is 50.4 Å². The SMILES string of the molecule is OCC1CNCCN(Cc2cc3cc(Br)ccc3s2)C1. The van der Waals surface area contributed by atoms with Crippen LogP contribution in [0.4, 0.5) is 0 Å². The van der Waals surface area contributed by atoms with Crippen LogP contribution < -0.4 is 5.32 Å². The van der Waals surface area contributed by atoms with Gasteiger partial charge in [-0.3, -0.25) is 4.90 Å². The number of fused-ring (bicyclic) bond motifs is 1. The summed E-state index contributed by atoms with van der Waals surface area (Å²) in [7, 11) is 0. The van der Waals surface area contributed by atoms with E-state index in [0.29, 0.717) is 5.92 Å². The van der Waals surface area contributed by atoms with E-state index >= 15 is 0 Å². The second-order valence-electron chi connectivity index (χ2n) is 5.38. The van der Waals surface area contributed by atoms with Crippen LogP contribution in [0.15, 0.2) is 28.7 Å². The zero-order valence-electron chi connectivity index (χ0n) is 11.3. The van der Waals surface area contributed by atoms with Crippen molar-refractivity contribution in [1.82, 2.24) is 10.2 Å². The minimum atomic E-state index is 0.267. The lowest BCUT2D eigenvalue weighted by Crippen LogP contribution is -2.30. The summed E-state index contributed by atoms with van der Waals surface area (Å²) in [5.41, 5.74) is 0. The molecule has 1 aliphatic heterocycles. The Hall–Kier alpha value is -0.460. The van der Waals surface area contributed by atoms with E-state index in [1.54, 1.807) is 0 Å². The largest absolute Gasteiger partial charge is 0.396 e. The number of halogens is 1. The minimum absolute atomic E-state index is 0.267. The highest BCUT2D eigenvalue weighted by Crippen LogP contribution is 2.29. The topological polar surface area (TPSA) is 35.5 Å². The van der Waals surface area contributed by atoms with Gasteiger partial charge in [-0.25, -0.2) is 0 Å². The standard InChI is InChI=1S/C15H19BrN2OS/c16-13-1-2-15-12(5-13)6-14(20-15)9-18-4-3-17-7-11(8-18)10-19/h1-2,5-6,11,17,19H,3-4,7-10H2. The summed E-state index contributed by atoms with van der Waals surface area (Å²) in [5.74, 6) is 0.348. The molecular weight excluding hydrogens is 336 g/mol. The van der Waals surface area contributed by atoms with Crippen molar-refractivity contribution in [3.8, 4) is 0 Å². The number of hydrogen-bond acceptors (Lipinski definition) is 4. The van der Waals surface area contributed by atoms with Crippen molar-refractivity contribution in [3.63, 3.8) is 0 Å². The average Bonchev–Trinajstić information content (AvgIpc) is 2.67. The third kappa shape index (κ3) is 3.40. The average molecular weight is 355 g/mol. The molecule has 0 radical (unpaired) electrons. The van der Waals surface area contributed by atoms with Crippen LogP contribution in [-0.2, 0) is 6.54 Å². The molecule has 0 bridgehead atoms. The number of nitrogens with zero attached hydrogens (tertiary/aromatic N) is 1. The van der Waals surface area contributed by atoms with E-state index in [-0.39, 0.29) is 6.61 Å². The molecule has 1 atom stereocenters. The van der Waals surface area contributed by atoms with E-state index in [4.69, 9.17) is 0 Å². The van der Waals surface area contributed by atoms with Gasteiger partial charge in [0.05, 0.1) is 0 Å². The van der Waals surface area contributed by atoms with Crippen molar-refractivity contribution in [2.75, 3.05) is 32.8 Å². The van der Waals surface area contributed by atoms with Crippen LogP contribution in [0.2, 0.25) is 0 Å². The number of rotatable bonds is 3. The molecule has 2 aromatic rings. The number of hydrogen-bond donors (Lipinski definition) is 2. The van der Waals surface area contributed by atoms with Crippen molar-refractivity contribution in [3.05, 3.63) is 33.6 Å². The third-order valence-corrected chi connectivity index (χ3v) is 5.32. The lowest BCUT2D eigenvalue weighted by molar-refractivity contribution is 0.178. The molecule has 2 N–H and O–H groups in total. The van der Waals surface area contributed by atoms with Crippen LogP contribution in [0.25, 0.3) is 10.1 Å². The highest BCUT2D eigenvalue weighted by molar-refractivity contribution is 9.10. The Morgan fingerprint density at radius 1 is 1.40 bits per heavy atom. The molecule has 2 heterocycles.